The van der Waals surface area contributed by atoms with Crippen LogP contribution >= 0.6 is 31.9 Å². The van der Waals surface area contributed by atoms with Crippen LogP contribution in [0.3, 0.4) is 0 Å². The minimum Gasteiger partial charge on any atom is -0.352 e. The third-order valence-corrected chi connectivity index (χ3v) is 6.42. The summed E-state index contributed by atoms with van der Waals surface area (Å²) < 4.78 is 17.2. The molecule has 5 heteroatoms. The Kier molecular flexibility index (Phi) is 5.35. The molecule has 0 radical (unpaired) electrons. The molecule has 0 aliphatic heterocycles. The van der Waals surface area contributed by atoms with Crippen LogP contribution in [0.1, 0.15) is 47.7 Å². The first-order valence-electron chi connectivity index (χ1n) is 8.34. The summed E-state index contributed by atoms with van der Waals surface area (Å²) in [4.78, 5) is 12.1. The van der Waals surface area contributed by atoms with Gasteiger partial charge in [0.15, 0.2) is 0 Å². The van der Waals surface area contributed by atoms with Crippen molar-refractivity contribution in [1.29, 1.82) is 0 Å². The molecule has 0 saturated heterocycles. The summed E-state index contributed by atoms with van der Waals surface area (Å²) in [5, 5.41) is 2.88. The second kappa shape index (κ2) is 7.20. The van der Waals surface area contributed by atoms with Crippen LogP contribution in [0.25, 0.3) is 0 Å². The van der Waals surface area contributed by atoms with E-state index in [1.54, 1.807) is 24.3 Å². The first kappa shape index (κ1) is 18.6. The van der Waals surface area contributed by atoms with Gasteiger partial charge in [-0.15, -0.1) is 0 Å². The maximum Gasteiger partial charge on any atom is 0.251 e. The predicted octanol–water partition coefficient (Wildman–Crippen LogP) is 5.95. The molecule has 132 valence electrons. The van der Waals surface area contributed by atoms with E-state index in [1.807, 2.05) is 32.0 Å². The number of carbonyl (C=O) groups is 1. The summed E-state index contributed by atoms with van der Waals surface area (Å²) in [6.07, 6.45) is 0.472. The molecule has 0 aromatic heterocycles. The second-order valence-electron chi connectivity index (χ2n) is 6.97. The lowest BCUT2D eigenvalue weighted by Gasteiger charge is -2.11. The summed E-state index contributed by atoms with van der Waals surface area (Å²) in [5.74, 6) is 0.143. The number of halogens is 3. The SMILES string of the molecule is CC(C)CNC(=O)c1ccc(C2(F)CC2c2ccc(Br)c(Br)c2)cc1. The van der Waals surface area contributed by atoms with Crippen molar-refractivity contribution in [3.8, 4) is 0 Å². The van der Waals surface area contributed by atoms with Gasteiger partial charge in [-0.2, -0.15) is 0 Å². The van der Waals surface area contributed by atoms with Crippen LogP contribution in [0, 0.1) is 5.92 Å². The molecule has 2 nitrogen and oxygen atoms in total. The van der Waals surface area contributed by atoms with Crippen LogP contribution in [-0.2, 0) is 5.67 Å². The number of nitrogens with one attached hydrogen (secondary N) is 1. The first-order chi connectivity index (χ1) is 11.8. The fourth-order valence-corrected chi connectivity index (χ4v) is 3.61. The third-order valence-electron chi connectivity index (χ3n) is 4.54. The quantitative estimate of drug-likeness (QED) is 0.577. The Balaban J connectivity index is 1.72. The standard InChI is InChI=1S/C20H20Br2FNO/c1-12(2)11-24-19(25)13-3-6-15(7-4-13)20(23)10-16(20)14-5-8-17(21)18(22)9-14/h3-9,12,16H,10-11H2,1-2H3,(H,24,25). The lowest BCUT2D eigenvalue weighted by molar-refractivity contribution is 0.0949. The van der Waals surface area contributed by atoms with E-state index in [0.717, 1.165) is 14.5 Å². The number of carbonyl (C=O) groups excluding carboxylic acids is 1. The van der Waals surface area contributed by atoms with E-state index in [2.05, 4.69) is 37.2 Å². The molecule has 0 bridgehead atoms. The molecule has 2 unspecified atom stereocenters. The van der Waals surface area contributed by atoms with Gasteiger partial charge in [-0.3, -0.25) is 4.79 Å². The molecule has 25 heavy (non-hydrogen) atoms. The maximum absolute atomic E-state index is 15.3. The summed E-state index contributed by atoms with van der Waals surface area (Å²) in [7, 11) is 0. The van der Waals surface area contributed by atoms with Crippen LogP contribution in [0.4, 0.5) is 4.39 Å². The van der Waals surface area contributed by atoms with Crippen molar-refractivity contribution >= 4 is 37.8 Å². The largest absolute Gasteiger partial charge is 0.352 e. The summed E-state index contributed by atoms with van der Waals surface area (Å²) in [5.41, 5.74) is 0.838. The Morgan fingerprint density at radius 2 is 1.88 bits per heavy atom. The minimum absolute atomic E-state index is 0.114. The number of benzene rings is 2. The topological polar surface area (TPSA) is 29.1 Å². The van der Waals surface area contributed by atoms with Crippen molar-refractivity contribution in [3.05, 3.63) is 68.1 Å². The monoisotopic (exact) mass is 467 g/mol. The summed E-state index contributed by atoms with van der Waals surface area (Å²) in [6, 6.07) is 12.7. The van der Waals surface area contributed by atoms with E-state index in [1.165, 1.54) is 0 Å². The van der Waals surface area contributed by atoms with Crippen LogP contribution in [0.2, 0.25) is 0 Å². The fourth-order valence-electron chi connectivity index (χ4n) is 2.97. The zero-order valence-corrected chi connectivity index (χ0v) is 17.3. The van der Waals surface area contributed by atoms with Gasteiger partial charge < -0.3 is 5.32 Å². The molecule has 0 heterocycles. The van der Waals surface area contributed by atoms with Crippen LogP contribution in [0.5, 0.6) is 0 Å². The van der Waals surface area contributed by atoms with Crippen molar-refractivity contribution in [1.82, 2.24) is 5.32 Å². The number of hydrogen-bond acceptors (Lipinski definition) is 1. The molecule has 2 atom stereocenters. The Hall–Kier alpha value is -1.20. The molecule has 2 aromatic rings. The minimum atomic E-state index is -1.35. The molecule has 0 spiro atoms. The molecule has 1 saturated carbocycles. The zero-order valence-electron chi connectivity index (χ0n) is 14.2. The molecule has 1 N–H and O–H groups in total. The smallest absolute Gasteiger partial charge is 0.251 e. The van der Waals surface area contributed by atoms with E-state index in [0.29, 0.717) is 30.0 Å². The maximum atomic E-state index is 15.3. The molecule has 1 fully saturated rings. The van der Waals surface area contributed by atoms with Crippen LogP contribution in [-0.4, -0.2) is 12.5 Å². The average molecular weight is 469 g/mol. The zero-order chi connectivity index (χ0) is 18.2. The third kappa shape index (κ3) is 3.98. The number of alkyl halides is 1. The Bertz CT molecular complexity index is 791. The van der Waals surface area contributed by atoms with Gasteiger partial charge in [-0.1, -0.05) is 32.0 Å². The predicted molar refractivity (Wildman–Crippen MR) is 106 cm³/mol. The molecule has 1 aliphatic rings. The molecule has 1 amide bonds. The van der Waals surface area contributed by atoms with Crippen molar-refractivity contribution in [3.63, 3.8) is 0 Å². The van der Waals surface area contributed by atoms with E-state index in [-0.39, 0.29) is 11.8 Å². The highest BCUT2D eigenvalue weighted by molar-refractivity contribution is 9.13. The molecule has 2 aromatic carbocycles. The lowest BCUT2D eigenvalue weighted by Crippen LogP contribution is -2.27. The Morgan fingerprint density at radius 1 is 1.20 bits per heavy atom. The van der Waals surface area contributed by atoms with Crippen molar-refractivity contribution in [2.75, 3.05) is 6.54 Å². The molecule has 3 rings (SSSR count). The Labute approximate surface area is 164 Å². The van der Waals surface area contributed by atoms with Crippen LogP contribution < -0.4 is 5.32 Å². The highest BCUT2D eigenvalue weighted by atomic mass is 79.9. The van der Waals surface area contributed by atoms with Crippen molar-refractivity contribution < 1.29 is 9.18 Å². The fraction of sp³-hybridized carbons (Fsp3) is 0.350. The number of amides is 1. The normalized spacial score (nSPS) is 22.1. The van der Waals surface area contributed by atoms with Gasteiger partial charge in [0.1, 0.15) is 5.67 Å². The van der Waals surface area contributed by atoms with Crippen molar-refractivity contribution in [2.45, 2.75) is 31.9 Å². The van der Waals surface area contributed by atoms with Gasteiger partial charge in [-0.05, 0) is 79.6 Å². The van der Waals surface area contributed by atoms with E-state index in [9.17, 15) is 4.79 Å². The number of hydrogen-bond donors (Lipinski definition) is 1. The van der Waals surface area contributed by atoms with Gasteiger partial charge >= 0.3 is 0 Å². The first-order valence-corrected chi connectivity index (χ1v) is 9.92. The highest BCUT2D eigenvalue weighted by Gasteiger charge is 2.57. The summed E-state index contributed by atoms with van der Waals surface area (Å²) in [6.45, 7) is 4.72. The van der Waals surface area contributed by atoms with Gasteiger partial charge in [-0.25, -0.2) is 4.39 Å². The van der Waals surface area contributed by atoms with Crippen molar-refractivity contribution in [2.24, 2.45) is 5.92 Å². The van der Waals surface area contributed by atoms with E-state index in [4.69, 9.17) is 0 Å². The van der Waals surface area contributed by atoms with E-state index >= 15 is 4.39 Å². The van der Waals surface area contributed by atoms with Gasteiger partial charge in [0, 0.05) is 27.0 Å². The Morgan fingerprint density at radius 3 is 2.48 bits per heavy atom. The average Bonchev–Trinajstić information content (AvgIpc) is 3.28. The molecular weight excluding hydrogens is 449 g/mol. The van der Waals surface area contributed by atoms with E-state index < -0.39 is 5.67 Å². The van der Waals surface area contributed by atoms with Gasteiger partial charge in [0.2, 0.25) is 0 Å². The second-order valence-corrected chi connectivity index (χ2v) is 8.68. The lowest BCUT2D eigenvalue weighted by atomic mass is 10.0. The molecule has 1 aliphatic carbocycles. The van der Waals surface area contributed by atoms with Crippen LogP contribution in [0.15, 0.2) is 51.4 Å². The molecular formula is C20H20Br2FNO. The highest BCUT2D eigenvalue weighted by Crippen LogP contribution is 2.61. The summed E-state index contributed by atoms with van der Waals surface area (Å²) >= 11 is 6.91. The number of rotatable bonds is 5. The van der Waals surface area contributed by atoms with Gasteiger partial charge in [0.25, 0.3) is 5.91 Å². The van der Waals surface area contributed by atoms with Gasteiger partial charge in [0.05, 0.1) is 0 Å².